The van der Waals surface area contributed by atoms with E-state index in [2.05, 4.69) is 15.3 Å². The number of pyridine rings is 2. The van der Waals surface area contributed by atoms with Gasteiger partial charge in [0.25, 0.3) is 0 Å². The van der Waals surface area contributed by atoms with Crippen molar-refractivity contribution in [3.63, 3.8) is 0 Å². The van der Waals surface area contributed by atoms with Crippen molar-refractivity contribution < 1.29 is 4.39 Å². The lowest BCUT2D eigenvalue weighted by Crippen LogP contribution is -1.98. The number of hydrogen-bond donors (Lipinski definition) is 1. The molecule has 2 rings (SSSR count). The van der Waals surface area contributed by atoms with Gasteiger partial charge in [-0.2, -0.15) is 0 Å². The molecule has 0 aliphatic heterocycles. The summed E-state index contributed by atoms with van der Waals surface area (Å²) >= 11 is 0. The fraction of sp³-hybridized carbons (Fsp3) is 0.231. The van der Waals surface area contributed by atoms with E-state index in [0.717, 1.165) is 11.3 Å². The molecule has 0 saturated carbocycles. The Balaban J connectivity index is 0.000000686. The van der Waals surface area contributed by atoms with Gasteiger partial charge in [-0.25, -0.2) is 9.37 Å². The van der Waals surface area contributed by atoms with Crippen LogP contribution in [0.3, 0.4) is 0 Å². The quantitative estimate of drug-likeness (QED) is 0.859. The van der Waals surface area contributed by atoms with Crippen LogP contribution in [0, 0.1) is 12.7 Å². The summed E-state index contributed by atoms with van der Waals surface area (Å²) in [7, 11) is 0. The molecule has 0 aliphatic carbocycles. The lowest BCUT2D eigenvalue weighted by molar-refractivity contribution is 0.626. The molecule has 0 fully saturated rings. The van der Waals surface area contributed by atoms with Gasteiger partial charge in [-0.1, -0.05) is 13.8 Å². The summed E-state index contributed by atoms with van der Waals surface area (Å²) < 4.78 is 13.3. The summed E-state index contributed by atoms with van der Waals surface area (Å²) in [5.74, 6) is -0.158. The van der Waals surface area contributed by atoms with Crippen LogP contribution in [0.5, 0.6) is 0 Å². The van der Waals surface area contributed by atoms with Gasteiger partial charge in [-0.15, -0.1) is 0 Å². The highest BCUT2D eigenvalue weighted by Crippen LogP contribution is 2.18. The van der Waals surface area contributed by atoms with Crippen LogP contribution < -0.4 is 5.32 Å². The minimum absolute atomic E-state index is 0.216. The van der Waals surface area contributed by atoms with E-state index in [0.29, 0.717) is 0 Å². The second kappa shape index (κ2) is 6.58. The van der Waals surface area contributed by atoms with Crippen LogP contribution in [-0.2, 0) is 0 Å². The van der Waals surface area contributed by atoms with Gasteiger partial charge in [0.05, 0.1) is 11.9 Å². The van der Waals surface area contributed by atoms with E-state index >= 15 is 0 Å². The van der Waals surface area contributed by atoms with E-state index in [1.807, 2.05) is 26.8 Å². The average Bonchev–Trinajstić information content (AvgIpc) is 2.37. The molecule has 0 aliphatic rings. The maximum absolute atomic E-state index is 13.3. The van der Waals surface area contributed by atoms with Gasteiger partial charge in [0.1, 0.15) is 0 Å². The highest BCUT2D eigenvalue weighted by atomic mass is 19.1. The first-order chi connectivity index (χ1) is 8.27. The van der Waals surface area contributed by atoms with Crippen LogP contribution in [0.1, 0.15) is 19.4 Å². The first-order valence-electron chi connectivity index (χ1n) is 5.55. The third-order valence-corrected chi connectivity index (χ3v) is 2.05. The SMILES string of the molecule is CC.Cc1ccncc1Nc1ncccc1F. The number of aromatic nitrogens is 2. The maximum atomic E-state index is 13.3. The van der Waals surface area contributed by atoms with E-state index in [1.165, 1.54) is 12.3 Å². The van der Waals surface area contributed by atoms with Gasteiger partial charge in [0.2, 0.25) is 0 Å². The minimum atomic E-state index is -0.374. The predicted octanol–water partition coefficient (Wildman–Crippen LogP) is 3.69. The summed E-state index contributed by atoms with van der Waals surface area (Å²) in [6.45, 7) is 5.92. The van der Waals surface area contributed by atoms with Crippen LogP contribution in [0.15, 0.2) is 36.8 Å². The molecule has 90 valence electrons. The first-order valence-corrected chi connectivity index (χ1v) is 5.55. The zero-order valence-corrected chi connectivity index (χ0v) is 10.2. The van der Waals surface area contributed by atoms with Crippen LogP contribution in [0.2, 0.25) is 0 Å². The van der Waals surface area contributed by atoms with Gasteiger partial charge in [0.15, 0.2) is 11.6 Å². The lowest BCUT2D eigenvalue weighted by atomic mass is 10.2. The zero-order valence-electron chi connectivity index (χ0n) is 10.2. The number of nitrogens with zero attached hydrogens (tertiary/aromatic N) is 2. The van der Waals surface area contributed by atoms with Crippen molar-refractivity contribution >= 4 is 11.5 Å². The Morgan fingerprint density at radius 1 is 1.18 bits per heavy atom. The van der Waals surface area contributed by atoms with E-state index < -0.39 is 0 Å². The fourth-order valence-electron chi connectivity index (χ4n) is 1.20. The van der Waals surface area contributed by atoms with Crippen molar-refractivity contribution in [2.75, 3.05) is 5.32 Å². The van der Waals surface area contributed by atoms with Gasteiger partial charge >= 0.3 is 0 Å². The van der Waals surface area contributed by atoms with Crippen molar-refractivity contribution in [1.29, 1.82) is 0 Å². The molecule has 4 heteroatoms. The Morgan fingerprint density at radius 2 is 1.94 bits per heavy atom. The van der Waals surface area contributed by atoms with Gasteiger partial charge in [0, 0.05) is 12.4 Å². The average molecular weight is 233 g/mol. The van der Waals surface area contributed by atoms with Crippen LogP contribution in [-0.4, -0.2) is 9.97 Å². The molecule has 1 N–H and O–H groups in total. The van der Waals surface area contributed by atoms with Crippen molar-refractivity contribution in [1.82, 2.24) is 9.97 Å². The van der Waals surface area contributed by atoms with E-state index in [-0.39, 0.29) is 11.6 Å². The maximum Gasteiger partial charge on any atom is 0.166 e. The summed E-state index contributed by atoms with van der Waals surface area (Å²) in [5, 5.41) is 2.89. The van der Waals surface area contributed by atoms with Gasteiger partial charge < -0.3 is 5.32 Å². The van der Waals surface area contributed by atoms with E-state index in [1.54, 1.807) is 18.5 Å². The van der Waals surface area contributed by atoms with Gasteiger partial charge in [-0.05, 0) is 30.7 Å². The highest BCUT2D eigenvalue weighted by molar-refractivity contribution is 5.58. The van der Waals surface area contributed by atoms with Crippen LogP contribution in [0.25, 0.3) is 0 Å². The molecule has 0 saturated heterocycles. The highest BCUT2D eigenvalue weighted by Gasteiger charge is 2.03. The predicted molar refractivity (Wildman–Crippen MR) is 67.8 cm³/mol. The minimum Gasteiger partial charge on any atom is -0.336 e. The molecule has 17 heavy (non-hydrogen) atoms. The molecule has 0 aromatic carbocycles. The van der Waals surface area contributed by atoms with Gasteiger partial charge in [-0.3, -0.25) is 4.98 Å². The van der Waals surface area contributed by atoms with Crippen molar-refractivity contribution in [3.8, 4) is 0 Å². The molecule has 2 aromatic rings. The summed E-state index contributed by atoms with van der Waals surface area (Å²) in [6, 6.07) is 4.76. The number of nitrogens with one attached hydrogen (secondary N) is 1. The Morgan fingerprint density at radius 3 is 2.59 bits per heavy atom. The summed E-state index contributed by atoms with van der Waals surface area (Å²) in [6.07, 6.45) is 4.87. The lowest BCUT2D eigenvalue weighted by Gasteiger charge is -2.07. The summed E-state index contributed by atoms with van der Waals surface area (Å²) in [5.41, 5.74) is 1.75. The molecule has 0 spiro atoms. The summed E-state index contributed by atoms with van der Waals surface area (Å²) in [4.78, 5) is 7.86. The van der Waals surface area contributed by atoms with Crippen molar-refractivity contribution in [2.24, 2.45) is 0 Å². The number of anilines is 2. The molecule has 0 radical (unpaired) electrons. The third-order valence-electron chi connectivity index (χ3n) is 2.05. The molecule has 2 aromatic heterocycles. The van der Waals surface area contributed by atoms with Crippen LogP contribution in [0.4, 0.5) is 15.9 Å². The normalized spacial score (nSPS) is 9.18. The van der Waals surface area contributed by atoms with E-state index in [9.17, 15) is 4.39 Å². The monoisotopic (exact) mass is 233 g/mol. The molecular formula is C13H16FN3. The van der Waals surface area contributed by atoms with E-state index in [4.69, 9.17) is 0 Å². The van der Waals surface area contributed by atoms with Crippen LogP contribution >= 0.6 is 0 Å². The molecule has 0 atom stereocenters. The number of rotatable bonds is 2. The smallest absolute Gasteiger partial charge is 0.166 e. The molecule has 2 heterocycles. The molecule has 0 unspecified atom stereocenters. The number of aryl methyl sites for hydroxylation is 1. The Labute approximate surface area is 101 Å². The Kier molecular flexibility index (Phi) is 5.07. The number of halogens is 1. The third kappa shape index (κ3) is 3.52. The second-order valence-corrected chi connectivity index (χ2v) is 3.15. The largest absolute Gasteiger partial charge is 0.336 e. The zero-order chi connectivity index (χ0) is 12.7. The molecular weight excluding hydrogens is 217 g/mol. The molecule has 0 amide bonds. The van der Waals surface area contributed by atoms with Crippen molar-refractivity contribution in [3.05, 3.63) is 48.2 Å². The Hall–Kier alpha value is -1.97. The molecule has 3 nitrogen and oxygen atoms in total. The first kappa shape index (κ1) is 13.1. The Bertz CT molecular complexity index is 428. The van der Waals surface area contributed by atoms with Crippen molar-refractivity contribution in [2.45, 2.75) is 20.8 Å². The second-order valence-electron chi connectivity index (χ2n) is 3.15. The number of hydrogen-bond acceptors (Lipinski definition) is 3. The topological polar surface area (TPSA) is 37.8 Å². The molecule has 0 bridgehead atoms. The standard InChI is InChI=1S/C11H10FN3.C2H6/c1-8-4-6-13-7-10(8)15-11-9(12)3-2-5-14-11;1-2/h2-7H,1H3,(H,14,15);1-2H3. The fourth-order valence-corrected chi connectivity index (χ4v) is 1.20.